The van der Waals surface area contributed by atoms with Crippen molar-refractivity contribution in [3.05, 3.63) is 205 Å². The first-order valence-electron chi connectivity index (χ1n) is 33.7. The molecule has 4 heterocycles. The third-order valence-electron chi connectivity index (χ3n) is 12.3. The second-order valence-electron chi connectivity index (χ2n) is 17.4. The summed E-state index contributed by atoms with van der Waals surface area (Å²) in [5.74, 6) is 0. The summed E-state index contributed by atoms with van der Waals surface area (Å²) in [5, 5.41) is -1.85. The first kappa shape index (κ1) is 21.0. The van der Waals surface area contributed by atoms with E-state index in [-0.39, 0.29) is 130 Å². The SMILES string of the molecule is [2H]c1ccc(N(c2ccc([2H])cc2)c2c([2H])c([2H])c3c4c([2H])c5c(c([2H])c4n4c6c([2H])c([2H])c(C(C)(C)C)c([2H])c6c2c34)c2c([2H])c([2H])c(N(c3ccc([2H])cc3)c3ccc([2H])cc3)c3c4c([2H])c(C(C([2H])([2H])[2H])(C([2H])([2H])[2H])C([2H])([2H])[2H])c([2H])c([2H])c4n5c23)cc1. The number of para-hydroxylation sites is 4. The number of aromatic nitrogens is 2. The summed E-state index contributed by atoms with van der Waals surface area (Å²) in [6, 6.07) is 16.2. The molecule has 4 nitrogen and oxygen atoms in total. The van der Waals surface area contributed by atoms with Crippen LogP contribution in [0.4, 0.5) is 34.1 Å². The van der Waals surface area contributed by atoms with Gasteiger partial charge in [-0.15, -0.1) is 0 Å². The van der Waals surface area contributed by atoms with Crippen molar-refractivity contribution in [1.82, 2.24) is 8.80 Å². The lowest BCUT2D eigenvalue weighted by molar-refractivity contribution is 0.591. The molecule has 0 aliphatic heterocycles. The van der Waals surface area contributed by atoms with Crippen LogP contribution in [0.1, 0.15) is 86.7 Å². The van der Waals surface area contributed by atoms with Crippen molar-refractivity contribution in [1.29, 1.82) is 0 Å². The average molecular weight is 876 g/mol. The van der Waals surface area contributed by atoms with Crippen LogP contribution in [0.25, 0.3) is 76.2 Å². The lowest BCUT2D eigenvalue weighted by Gasteiger charge is -2.26. The van der Waals surface area contributed by atoms with Gasteiger partial charge in [0.05, 0.1) is 66.4 Å². The van der Waals surface area contributed by atoms with Crippen LogP contribution in [0.3, 0.4) is 0 Å². The highest BCUT2D eigenvalue weighted by atomic mass is 15.2. The Morgan fingerprint density at radius 1 is 0.394 bits per heavy atom. The molecule has 4 aromatic heterocycles. The van der Waals surface area contributed by atoms with Gasteiger partial charge >= 0.3 is 0 Å². The quantitative estimate of drug-likeness (QED) is 0.165. The second-order valence-corrected chi connectivity index (χ2v) is 17.4. The fraction of sp³-hybridized carbons (Fsp3) is 0.129. The second kappa shape index (κ2) is 13.8. The number of anilines is 6. The molecule has 318 valence electrons. The highest BCUT2D eigenvalue weighted by Gasteiger charge is 2.29. The van der Waals surface area contributed by atoms with E-state index in [1.807, 2.05) is 0 Å². The standard InChI is InChI=1S/C62H50N4/c1-61(2,3)39-27-31-51-49(35-39)57-53(63(41-19-11-7-12-20-41)42-21-13-8-14-22-42)33-29-45-47-38-56-48(37-55(47)65(51)59(45)57)46-30-34-54(64(43-23-15-9-16-24-43)44-25-17-10-18-26-44)58-50-36-40(62(4,5)6)28-32-52(50)66(56)60(46)58/h7-38H,1-6H3/i1D3,2D3,3D3,7D,8D,9D,10D,27D,28D,29D,30D,31D,32D,33D,34D,35D,36D,37D,38D. The van der Waals surface area contributed by atoms with Gasteiger partial charge < -0.3 is 18.6 Å². The van der Waals surface area contributed by atoms with E-state index in [2.05, 4.69) is 0 Å². The highest BCUT2D eigenvalue weighted by molar-refractivity contribution is 6.32. The molecule has 13 rings (SSSR count). The third kappa shape index (κ3) is 5.51. The molecule has 0 saturated heterocycles. The summed E-state index contributed by atoms with van der Waals surface area (Å²) in [5.41, 5.74) is -7.02. The number of hydrogen-bond acceptors (Lipinski definition) is 2. The fourth-order valence-electron chi connectivity index (χ4n) is 9.41. The molecular weight excluding hydrogens is 801 g/mol. The highest BCUT2D eigenvalue weighted by Crippen LogP contribution is 2.52. The van der Waals surface area contributed by atoms with Crippen molar-refractivity contribution in [3.8, 4) is 0 Å². The molecule has 0 aliphatic rings. The Morgan fingerprint density at radius 2 is 0.758 bits per heavy atom. The fourth-order valence-corrected chi connectivity index (χ4v) is 9.41. The van der Waals surface area contributed by atoms with Gasteiger partial charge in [0.2, 0.25) is 0 Å². The average Bonchev–Trinajstić information content (AvgIpc) is 1.53. The molecule has 13 aromatic rings. The van der Waals surface area contributed by atoms with Crippen LogP contribution in [0.5, 0.6) is 0 Å². The van der Waals surface area contributed by atoms with E-state index in [1.165, 1.54) is 86.5 Å². The van der Waals surface area contributed by atoms with Crippen molar-refractivity contribution in [2.75, 3.05) is 9.80 Å². The van der Waals surface area contributed by atoms with Gasteiger partial charge in [-0.1, -0.05) is 138 Å². The molecule has 0 fully saturated rings. The van der Waals surface area contributed by atoms with Gasteiger partial charge in [-0.3, -0.25) is 0 Å². The number of rotatable bonds is 6. The van der Waals surface area contributed by atoms with Crippen molar-refractivity contribution >= 4 is 110 Å². The Kier molecular flexibility index (Phi) is 4.40. The Hall–Kier alpha value is -7.82. The minimum atomic E-state index is -4.06. The zero-order chi connectivity index (χ0) is 66.1. The Balaban J connectivity index is 1.33. The van der Waals surface area contributed by atoms with E-state index >= 15 is 0 Å². The minimum absolute atomic E-state index is 0.0137. The van der Waals surface area contributed by atoms with Gasteiger partial charge in [-0.25, -0.2) is 0 Å². The Morgan fingerprint density at radius 3 is 1.11 bits per heavy atom. The lowest BCUT2D eigenvalue weighted by Crippen LogP contribution is -2.11. The summed E-state index contributed by atoms with van der Waals surface area (Å²) < 4.78 is 237. The van der Waals surface area contributed by atoms with E-state index in [0.717, 1.165) is 0 Å². The molecule has 0 spiro atoms. The maximum atomic E-state index is 10.7. The van der Waals surface area contributed by atoms with E-state index in [0.29, 0.717) is 11.4 Å². The van der Waals surface area contributed by atoms with Crippen LogP contribution < -0.4 is 9.80 Å². The van der Waals surface area contributed by atoms with Crippen LogP contribution in [-0.2, 0) is 10.8 Å². The van der Waals surface area contributed by atoms with E-state index in [1.54, 1.807) is 49.9 Å². The molecule has 0 aliphatic carbocycles. The maximum Gasteiger partial charge on any atom is 0.0653 e. The van der Waals surface area contributed by atoms with Gasteiger partial charge in [0.15, 0.2) is 0 Å². The molecule has 4 heteroatoms. The number of benzene rings is 9. The predicted octanol–water partition coefficient (Wildman–Crippen LogP) is 17.5. The lowest BCUT2D eigenvalue weighted by atomic mass is 9.86. The zero-order valence-corrected chi connectivity index (χ0v) is 35.5. The van der Waals surface area contributed by atoms with Crippen LogP contribution in [0, 0.1) is 0 Å². The molecule has 0 bridgehead atoms. The van der Waals surface area contributed by atoms with Crippen LogP contribution in [0.2, 0.25) is 0 Å². The molecule has 0 radical (unpaired) electrons. The monoisotopic (exact) mass is 876 g/mol. The summed E-state index contributed by atoms with van der Waals surface area (Å²) in [6.45, 7) is -6.87. The van der Waals surface area contributed by atoms with Gasteiger partial charge in [0, 0.05) is 78.2 Å². The first-order chi connectivity index (χ1) is 42.4. The summed E-state index contributed by atoms with van der Waals surface area (Å²) in [7, 11) is 0. The molecule has 0 amide bonds. The van der Waals surface area contributed by atoms with Gasteiger partial charge in [-0.2, -0.15) is 0 Å². The molecule has 0 atom stereocenters. The zero-order valence-electron chi connectivity index (χ0n) is 60.5. The topological polar surface area (TPSA) is 15.3 Å². The smallest absolute Gasteiger partial charge is 0.0653 e. The van der Waals surface area contributed by atoms with E-state index in [9.17, 15) is 16.4 Å². The van der Waals surface area contributed by atoms with Crippen molar-refractivity contribution in [2.24, 2.45) is 0 Å². The van der Waals surface area contributed by atoms with E-state index in [4.69, 9.17) is 17.8 Å². The van der Waals surface area contributed by atoms with Crippen molar-refractivity contribution in [3.63, 3.8) is 0 Å². The third-order valence-corrected chi connectivity index (χ3v) is 12.3. The van der Waals surface area contributed by atoms with Crippen molar-refractivity contribution in [2.45, 2.75) is 52.2 Å². The van der Waals surface area contributed by atoms with Crippen LogP contribution in [0.15, 0.2) is 194 Å². The maximum absolute atomic E-state index is 10.7. The molecule has 0 saturated carbocycles. The number of fused-ring (bicyclic) bond motifs is 12. The largest absolute Gasteiger partial charge is 0.310 e. The van der Waals surface area contributed by atoms with E-state index < -0.39 is 108 Å². The molecular formula is C62H50N4. The minimum Gasteiger partial charge on any atom is -0.310 e. The summed E-state index contributed by atoms with van der Waals surface area (Å²) in [4.78, 5) is 3.01. The van der Waals surface area contributed by atoms with Crippen LogP contribution in [-0.4, -0.2) is 8.80 Å². The number of nitrogens with zero attached hydrogens (tertiary/aromatic N) is 4. The molecule has 9 aromatic carbocycles. The Bertz CT molecular complexity index is 5140. The summed E-state index contributed by atoms with van der Waals surface area (Å²) >= 11 is 0. The van der Waals surface area contributed by atoms with Gasteiger partial charge in [0.25, 0.3) is 0 Å². The van der Waals surface area contributed by atoms with Crippen LogP contribution >= 0.6 is 0 Å². The Labute approximate surface area is 420 Å². The summed E-state index contributed by atoms with van der Waals surface area (Å²) in [6.07, 6.45) is 0. The van der Waals surface area contributed by atoms with Gasteiger partial charge in [0.1, 0.15) is 0 Å². The predicted molar refractivity (Wildman–Crippen MR) is 283 cm³/mol. The molecule has 0 N–H and O–H groups in total. The normalized spacial score (nSPS) is 18.7. The van der Waals surface area contributed by atoms with Gasteiger partial charge in [-0.05, 0) is 119 Å². The van der Waals surface area contributed by atoms with Crippen molar-refractivity contribution < 1.29 is 34.3 Å². The number of hydrogen-bond donors (Lipinski definition) is 0. The first-order valence-corrected chi connectivity index (χ1v) is 21.2. The molecule has 0 unspecified atom stereocenters. The molecule has 66 heavy (non-hydrogen) atoms.